The third-order valence-electron chi connectivity index (χ3n) is 5.47. The van der Waals surface area contributed by atoms with E-state index >= 15 is 0 Å². The van der Waals surface area contributed by atoms with Crippen molar-refractivity contribution in [2.45, 2.75) is 32.3 Å². The van der Waals surface area contributed by atoms with Crippen LogP contribution in [0.1, 0.15) is 30.7 Å². The molecule has 1 aromatic rings. The number of fused-ring (bicyclic) bond motifs is 1. The molecule has 0 N–H and O–H groups in total. The number of anilines is 1. The summed E-state index contributed by atoms with van der Waals surface area (Å²) < 4.78 is 5.04. The van der Waals surface area contributed by atoms with Crippen molar-refractivity contribution >= 4 is 28.3 Å². The van der Waals surface area contributed by atoms with Gasteiger partial charge in [0, 0.05) is 33.2 Å². The Morgan fingerprint density at radius 2 is 2.00 bits per heavy atom. The van der Waals surface area contributed by atoms with E-state index in [1.165, 1.54) is 30.6 Å². The van der Waals surface area contributed by atoms with Crippen LogP contribution in [0.5, 0.6) is 0 Å². The van der Waals surface area contributed by atoms with Gasteiger partial charge in [-0.3, -0.25) is 14.5 Å². The molecule has 2 amide bonds. The van der Waals surface area contributed by atoms with E-state index in [1.807, 2.05) is 4.90 Å². The molecule has 1 saturated carbocycles. The van der Waals surface area contributed by atoms with Gasteiger partial charge < -0.3 is 9.64 Å². The van der Waals surface area contributed by atoms with Gasteiger partial charge in [0.2, 0.25) is 16.9 Å². The van der Waals surface area contributed by atoms with Gasteiger partial charge in [-0.05, 0) is 24.7 Å². The van der Waals surface area contributed by atoms with E-state index < -0.39 is 0 Å². The Morgan fingerprint density at radius 3 is 2.71 bits per heavy atom. The first-order valence-corrected chi connectivity index (χ1v) is 9.38. The molecular formula is C16H22N4O3S. The van der Waals surface area contributed by atoms with Crippen molar-refractivity contribution in [3.8, 4) is 0 Å². The molecular weight excluding hydrogens is 328 g/mol. The molecule has 3 atom stereocenters. The van der Waals surface area contributed by atoms with Crippen LogP contribution in [0.3, 0.4) is 0 Å². The molecule has 8 heteroatoms. The van der Waals surface area contributed by atoms with E-state index in [0.717, 1.165) is 18.1 Å². The average Bonchev–Trinajstić information content (AvgIpc) is 3.28. The molecule has 2 aliphatic heterocycles. The van der Waals surface area contributed by atoms with Crippen LogP contribution in [0.25, 0.3) is 0 Å². The summed E-state index contributed by atoms with van der Waals surface area (Å²) in [6.07, 6.45) is 4.08. The summed E-state index contributed by atoms with van der Waals surface area (Å²) in [4.78, 5) is 28.7. The maximum absolute atomic E-state index is 12.8. The van der Waals surface area contributed by atoms with Crippen LogP contribution in [-0.2, 0) is 20.9 Å². The molecule has 1 aromatic heterocycles. The summed E-state index contributed by atoms with van der Waals surface area (Å²) in [5.74, 6) is 1.23. The van der Waals surface area contributed by atoms with Gasteiger partial charge in [0.05, 0.1) is 5.92 Å². The van der Waals surface area contributed by atoms with Crippen molar-refractivity contribution in [3.63, 3.8) is 0 Å². The quantitative estimate of drug-likeness (QED) is 0.818. The summed E-state index contributed by atoms with van der Waals surface area (Å²) in [5, 5.41) is 9.41. The lowest BCUT2D eigenvalue weighted by Gasteiger charge is -2.21. The third-order valence-corrected chi connectivity index (χ3v) is 6.39. The molecule has 3 heterocycles. The van der Waals surface area contributed by atoms with Crippen LogP contribution >= 0.6 is 11.3 Å². The number of aromatic nitrogens is 2. The van der Waals surface area contributed by atoms with Gasteiger partial charge >= 0.3 is 0 Å². The largest absolute Gasteiger partial charge is 0.377 e. The van der Waals surface area contributed by atoms with Crippen LogP contribution < -0.4 is 4.90 Å². The van der Waals surface area contributed by atoms with Crippen LogP contribution in [0.2, 0.25) is 0 Å². The van der Waals surface area contributed by atoms with Gasteiger partial charge in [0.15, 0.2) is 0 Å². The van der Waals surface area contributed by atoms with E-state index in [2.05, 4.69) is 10.2 Å². The number of methoxy groups -OCH3 is 1. The second-order valence-electron chi connectivity index (χ2n) is 7.01. The van der Waals surface area contributed by atoms with E-state index in [-0.39, 0.29) is 24.2 Å². The number of hydrogen-bond donors (Lipinski definition) is 0. The molecule has 7 nitrogen and oxygen atoms in total. The minimum Gasteiger partial charge on any atom is -0.377 e. The third kappa shape index (κ3) is 2.82. The molecule has 2 saturated heterocycles. The summed E-state index contributed by atoms with van der Waals surface area (Å²) in [6, 6.07) is 0. The van der Waals surface area contributed by atoms with Crippen molar-refractivity contribution < 1.29 is 14.3 Å². The van der Waals surface area contributed by atoms with Crippen molar-refractivity contribution in [3.05, 3.63) is 5.01 Å². The number of likely N-dealkylation sites (tertiary alicyclic amines) is 1. The molecule has 24 heavy (non-hydrogen) atoms. The van der Waals surface area contributed by atoms with Crippen molar-refractivity contribution in [2.24, 2.45) is 17.8 Å². The second kappa shape index (κ2) is 6.40. The first-order valence-electron chi connectivity index (χ1n) is 8.56. The SMILES string of the molecule is COCc1nnc(N2CC(C(=O)N3C[C@H]4CCC[C@H]4C3)CC2=O)s1. The highest BCUT2D eigenvalue weighted by molar-refractivity contribution is 7.15. The van der Waals surface area contributed by atoms with Crippen LogP contribution in [0.4, 0.5) is 5.13 Å². The topological polar surface area (TPSA) is 75.6 Å². The predicted molar refractivity (Wildman–Crippen MR) is 88.5 cm³/mol. The molecule has 3 fully saturated rings. The maximum Gasteiger partial charge on any atom is 0.229 e. The number of hydrogen-bond acceptors (Lipinski definition) is 6. The number of amides is 2. The summed E-state index contributed by atoms with van der Waals surface area (Å²) >= 11 is 1.35. The first kappa shape index (κ1) is 16.0. The number of rotatable bonds is 4. The Morgan fingerprint density at radius 1 is 1.25 bits per heavy atom. The number of carbonyl (C=O) groups is 2. The van der Waals surface area contributed by atoms with Crippen molar-refractivity contribution in [2.75, 3.05) is 31.6 Å². The molecule has 1 unspecified atom stereocenters. The highest BCUT2D eigenvalue weighted by Crippen LogP contribution is 2.39. The molecule has 0 bridgehead atoms. The summed E-state index contributed by atoms with van der Waals surface area (Å²) in [7, 11) is 1.60. The lowest BCUT2D eigenvalue weighted by Crippen LogP contribution is -2.36. The second-order valence-corrected chi connectivity index (χ2v) is 8.05. The minimum absolute atomic E-state index is 0.0344. The fourth-order valence-electron chi connectivity index (χ4n) is 4.27. The Hall–Kier alpha value is -1.54. The molecule has 3 aliphatic rings. The molecule has 0 aromatic carbocycles. The van der Waals surface area contributed by atoms with E-state index in [0.29, 0.717) is 30.1 Å². The van der Waals surface area contributed by atoms with Crippen molar-refractivity contribution in [1.29, 1.82) is 0 Å². The monoisotopic (exact) mass is 350 g/mol. The zero-order valence-corrected chi connectivity index (χ0v) is 14.6. The Labute approximate surface area is 145 Å². The lowest BCUT2D eigenvalue weighted by atomic mass is 10.0. The summed E-state index contributed by atoms with van der Waals surface area (Å²) in [6.45, 7) is 2.57. The van der Waals surface area contributed by atoms with Crippen LogP contribution in [0.15, 0.2) is 0 Å². The van der Waals surface area contributed by atoms with Gasteiger partial charge in [-0.1, -0.05) is 17.8 Å². The van der Waals surface area contributed by atoms with Gasteiger partial charge in [-0.15, -0.1) is 10.2 Å². The summed E-state index contributed by atoms with van der Waals surface area (Å²) in [5.41, 5.74) is 0. The number of ether oxygens (including phenoxy) is 1. The van der Waals surface area contributed by atoms with E-state index in [1.54, 1.807) is 12.0 Å². The predicted octanol–water partition coefficient (Wildman–Crippen LogP) is 1.30. The zero-order chi connectivity index (χ0) is 16.7. The lowest BCUT2D eigenvalue weighted by molar-refractivity contribution is -0.135. The van der Waals surface area contributed by atoms with E-state index in [4.69, 9.17) is 4.74 Å². The van der Waals surface area contributed by atoms with Crippen LogP contribution in [-0.4, -0.2) is 53.7 Å². The van der Waals surface area contributed by atoms with Crippen LogP contribution in [0, 0.1) is 17.8 Å². The van der Waals surface area contributed by atoms with Gasteiger partial charge in [-0.2, -0.15) is 0 Å². The Kier molecular flexibility index (Phi) is 4.26. The number of carbonyl (C=O) groups excluding carboxylic acids is 2. The van der Waals surface area contributed by atoms with Gasteiger partial charge in [0.25, 0.3) is 0 Å². The molecule has 0 radical (unpaired) electrons. The molecule has 4 rings (SSSR count). The first-order chi connectivity index (χ1) is 11.7. The highest BCUT2D eigenvalue weighted by Gasteiger charge is 2.43. The molecule has 0 spiro atoms. The fourth-order valence-corrected chi connectivity index (χ4v) is 5.10. The average molecular weight is 350 g/mol. The Balaban J connectivity index is 1.41. The Bertz CT molecular complexity index is 637. The smallest absolute Gasteiger partial charge is 0.229 e. The standard InChI is InChI=1S/C16H22N4O3S/c1-23-9-13-17-18-16(24-13)20-8-12(5-14(20)21)15(22)19-6-10-3-2-4-11(10)7-19/h10-12H,2-9H2,1H3/t10-,11+,12?. The van der Waals surface area contributed by atoms with Gasteiger partial charge in [-0.25, -0.2) is 0 Å². The van der Waals surface area contributed by atoms with E-state index in [9.17, 15) is 9.59 Å². The minimum atomic E-state index is -0.244. The maximum atomic E-state index is 12.8. The highest BCUT2D eigenvalue weighted by atomic mass is 32.1. The van der Waals surface area contributed by atoms with Crippen molar-refractivity contribution in [1.82, 2.24) is 15.1 Å². The molecule has 1 aliphatic carbocycles. The normalized spacial score (nSPS) is 29.5. The van der Waals surface area contributed by atoms with Gasteiger partial charge in [0.1, 0.15) is 11.6 Å². The zero-order valence-electron chi connectivity index (χ0n) is 13.8. The fraction of sp³-hybridized carbons (Fsp3) is 0.750. The molecule has 130 valence electrons. The number of nitrogens with zero attached hydrogens (tertiary/aromatic N) is 4.